The van der Waals surface area contributed by atoms with Crippen molar-refractivity contribution in [1.82, 2.24) is 5.32 Å². The molecular weight excluding hydrogens is 438 g/mol. The molecule has 0 saturated carbocycles. The maximum absolute atomic E-state index is 12.6. The molecule has 0 bridgehead atoms. The van der Waals surface area contributed by atoms with Gasteiger partial charge < -0.3 is 10.2 Å². The number of anilines is 2. The van der Waals surface area contributed by atoms with Crippen LogP contribution >= 0.6 is 27.5 Å². The summed E-state index contributed by atoms with van der Waals surface area (Å²) in [6.07, 6.45) is 2.06. The van der Waals surface area contributed by atoms with Gasteiger partial charge in [0.25, 0.3) is 10.0 Å². The first-order chi connectivity index (χ1) is 12.4. The Bertz CT molecular complexity index is 869. The van der Waals surface area contributed by atoms with Gasteiger partial charge in [-0.3, -0.25) is 4.72 Å². The van der Waals surface area contributed by atoms with E-state index in [1.807, 2.05) is 7.05 Å². The highest BCUT2D eigenvalue weighted by Crippen LogP contribution is 2.32. The monoisotopic (exact) mass is 457 g/mol. The van der Waals surface area contributed by atoms with Gasteiger partial charge >= 0.3 is 0 Å². The summed E-state index contributed by atoms with van der Waals surface area (Å²) in [5.74, 6) is 0. The van der Waals surface area contributed by atoms with Crippen molar-refractivity contribution < 1.29 is 8.42 Å². The lowest BCUT2D eigenvalue weighted by atomic mass is 10.0. The number of nitrogens with zero attached hydrogens (tertiary/aromatic N) is 1. The van der Waals surface area contributed by atoms with E-state index < -0.39 is 10.0 Å². The Labute approximate surface area is 167 Å². The maximum atomic E-state index is 12.6. The molecule has 0 atom stereocenters. The molecule has 1 heterocycles. The predicted molar refractivity (Wildman–Crippen MR) is 111 cm³/mol. The predicted octanol–water partition coefficient (Wildman–Crippen LogP) is 4.09. The van der Waals surface area contributed by atoms with Crippen LogP contribution in [0.15, 0.2) is 51.8 Å². The normalized spacial score (nSPS) is 15.7. The average molecular weight is 459 g/mol. The molecule has 3 rings (SSSR count). The maximum Gasteiger partial charge on any atom is 0.261 e. The Morgan fingerprint density at radius 3 is 2.46 bits per heavy atom. The number of hydrogen-bond donors (Lipinski definition) is 2. The van der Waals surface area contributed by atoms with Gasteiger partial charge in [0.2, 0.25) is 0 Å². The van der Waals surface area contributed by atoms with Crippen molar-refractivity contribution in [3.8, 4) is 0 Å². The second-order valence-electron chi connectivity index (χ2n) is 6.32. The second-order valence-corrected chi connectivity index (χ2v) is 9.32. The van der Waals surface area contributed by atoms with Gasteiger partial charge in [-0.2, -0.15) is 0 Å². The minimum atomic E-state index is -3.65. The molecule has 0 amide bonds. The minimum absolute atomic E-state index is 0.212. The van der Waals surface area contributed by atoms with Crippen LogP contribution in [0, 0.1) is 0 Å². The molecular formula is C18H21BrClN3O2S. The van der Waals surface area contributed by atoms with Crippen LogP contribution in [-0.4, -0.2) is 34.6 Å². The Morgan fingerprint density at radius 1 is 1.15 bits per heavy atom. The van der Waals surface area contributed by atoms with Crippen LogP contribution in [0.4, 0.5) is 11.4 Å². The van der Waals surface area contributed by atoms with E-state index in [2.05, 4.69) is 30.9 Å². The largest absolute Gasteiger partial charge is 0.370 e. The van der Waals surface area contributed by atoms with Crippen LogP contribution in [0.2, 0.25) is 5.02 Å². The summed E-state index contributed by atoms with van der Waals surface area (Å²) in [6, 6.07) is 12.1. The van der Waals surface area contributed by atoms with Crippen molar-refractivity contribution in [2.45, 2.75) is 23.8 Å². The lowest BCUT2D eigenvalue weighted by Crippen LogP contribution is -2.41. The number of piperidine rings is 1. The number of rotatable bonds is 5. The Morgan fingerprint density at radius 2 is 1.81 bits per heavy atom. The van der Waals surface area contributed by atoms with E-state index in [-0.39, 0.29) is 4.90 Å². The van der Waals surface area contributed by atoms with Crippen molar-refractivity contribution in [2.24, 2.45) is 0 Å². The van der Waals surface area contributed by atoms with Crippen LogP contribution in [0.3, 0.4) is 0 Å². The Balaban J connectivity index is 1.83. The first-order valence-corrected chi connectivity index (χ1v) is 11.0. The van der Waals surface area contributed by atoms with E-state index in [4.69, 9.17) is 11.6 Å². The third-order valence-corrected chi connectivity index (χ3v) is 6.80. The number of sulfonamides is 1. The van der Waals surface area contributed by atoms with Crippen molar-refractivity contribution in [3.63, 3.8) is 0 Å². The molecule has 1 saturated heterocycles. The van der Waals surface area contributed by atoms with Gasteiger partial charge in [0.1, 0.15) is 0 Å². The van der Waals surface area contributed by atoms with E-state index in [0.29, 0.717) is 16.8 Å². The molecule has 26 heavy (non-hydrogen) atoms. The highest BCUT2D eigenvalue weighted by molar-refractivity contribution is 9.10. The number of hydrogen-bond acceptors (Lipinski definition) is 4. The van der Waals surface area contributed by atoms with Crippen LogP contribution in [-0.2, 0) is 10.0 Å². The SMILES string of the molecule is CN(c1cc(NS(=O)(=O)c2ccc(Br)cc2)ccc1Cl)C1CCNCC1. The molecule has 1 aliphatic rings. The standard InChI is InChI=1S/C18H21BrClN3O2S/c1-23(15-8-10-21-11-9-15)18-12-14(4-7-17(18)20)22-26(24,25)16-5-2-13(19)3-6-16/h2-7,12,15,21-22H,8-11H2,1H3. The molecule has 0 radical (unpaired) electrons. The summed E-state index contributed by atoms with van der Waals surface area (Å²) in [7, 11) is -1.65. The summed E-state index contributed by atoms with van der Waals surface area (Å²) in [4.78, 5) is 2.35. The minimum Gasteiger partial charge on any atom is -0.370 e. The van der Waals surface area contributed by atoms with Gasteiger partial charge in [-0.15, -0.1) is 0 Å². The first kappa shape index (κ1) is 19.5. The third-order valence-electron chi connectivity index (χ3n) is 4.56. The molecule has 2 aromatic carbocycles. The molecule has 0 aromatic heterocycles. The summed E-state index contributed by atoms with van der Waals surface area (Å²) in [5.41, 5.74) is 1.32. The number of benzene rings is 2. The van der Waals surface area contributed by atoms with Gasteiger partial charge in [0, 0.05) is 17.6 Å². The second kappa shape index (κ2) is 8.17. The van der Waals surface area contributed by atoms with Crippen molar-refractivity contribution >= 4 is 48.9 Å². The van der Waals surface area contributed by atoms with Crippen LogP contribution in [0.25, 0.3) is 0 Å². The molecule has 140 valence electrons. The van der Waals surface area contributed by atoms with Gasteiger partial charge in [-0.1, -0.05) is 27.5 Å². The van der Waals surface area contributed by atoms with Gasteiger partial charge in [-0.25, -0.2) is 8.42 Å². The van der Waals surface area contributed by atoms with E-state index in [1.165, 1.54) is 0 Å². The third kappa shape index (κ3) is 4.52. The molecule has 0 spiro atoms. The Hall–Kier alpha value is -1.28. The zero-order valence-electron chi connectivity index (χ0n) is 14.4. The van der Waals surface area contributed by atoms with E-state index in [1.54, 1.807) is 42.5 Å². The fraction of sp³-hybridized carbons (Fsp3) is 0.333. The van der Waals surface area contributed by atoms with Crippen LogP contribution < -0.4 is 14.9 Å². The highest BCUT2D eigenvalue weighted by atomic mass is 79.9. The van der Waals surface area contributed by atoms with Crippen molar-refractivity contribution in [3.05, 3.63) is 52.0 Å². The molecule has 1 fully saturated rings. The lowest BCUT2D eigenvalue weighted by Gasteiger charge is -2.34. The van der Waals surface area contributed by atoms with E-state index >= 15 is 0 Å². The summed E-state index contributed by atoms with van der Waals surface area (Å²) >= 11 is 9.69. The molecule has 0 aliphatic carbocycles. The molecule has 1 aliphatic heterocycles. The van der Waals surface area contributed by atoms with Gasteiger partial charge in [0.15, 0.2) is 0 Å². The zero-order chi connectivity index (χ0) is 18.7. The highest BCUT2D eigenvalue weighted by Gasteiger charge is 2.21. The molecule has 2 N–H and O–H groups in total. The molecule has 5 nitrogen and oxygen atoms in total. The summed E-state index contributed by atoms with van der Waals surface area (Å²) in [6.45, 7) is 1.95. The molecule has 0 unspecified atom stereocenters. The fourth-order valence-corrected chi connectivity index (χ4v) is 4.63. The first-order valence-electron chi connectivity index (χ1n) is 8.38. The fourth-order valence-electron chi connectivity index (χ4n) is 3.06. The van der Waals surface area contributed by atoms with Crippen LogP contribution in [0.5, 0.6) is 0 Å². The lowest BCUT2D eigenvalue weighted by molar-refractivity contribution is 0.443. The van der Waals surface area contributed by atoms with E-state index in [0.717, 1.165) is 36.1 Å². The topological polar surface area (TPSA) is 61.4 Å². The van der Waals surface area contributed by atoms with Crippen molar-refractivity contribution in [2.75, 3.05) is 29.8 Å². The quantitative estimate of drug-likeness (QED) is 0.708. The zero-order valence-corrected chi connectivity index (χ0v) is 17.5. The van der Waals surface area contributed by atoms with Gasteiger partial charge in [0.05, 0.1) is 21.3 Å². The summed E-state index contributed by atoms with van der Waals surface area (Å²) in [5, 5.41) is 3.95. The number of nitrogens with one attached hydrogen (secondary N) is 2. The molecule has 8 heteroatoms. The van der Waals surface area contributed by atoms with Crippen LogP contribution in [0.1, 0.15) is 12.8 Å². The average Bonchev–Trinajstić information content (AvgIpc) is 2.63. The Kier molecular flexibility index (Phi) is 6.12. The number of halogens is 2. The smallest absolute Gasteiger partial charge is 0.261 e. The van der Waals surface area contributed by atoms with Crippen molar-refractivity contribution in [1.29, 1.82) is 0 Å². The summed E-state index contributed by atoms with van der Waals surface area (Å²) < 4.78 is 28.7. The van der Waals surface area contributed by atoms with Gasteiger partial charge in [-0.05, 0) is 68.4 Å². The van der Waals surface area contributed by atoms with E-state index in [9.17, 15) is 8.42 Å². The molecule has 2 aromatic rings.